The Morgan fingerprint density at radius 1 is 1.12 bits per heavy atom. The molecule has 0 spiro atoms. The molecule has 2 nitrogen and oxygen atoms in total. The van der Waals surface area contributed by atoms with Gasteiger partial charge in [-0.3, -0.25) is 0 Å². The van der Waals surface area contributed by atoms with Crippen molar-refractivity contribution in [3.05, 3.63) is 35.9 Å². The first-order chi connectivity index (χ1) is 7.99. The quantitative estimate of drug-likeness (QED) is 0.784. The van der Waals surface area contributed by atoms with Crippen molar-refractivity contribution in [2.24, 2.45) is 0 Å². The van der Waals surface area contributed by atoms with E-state index in [0.717, 1.165) is 5.56 Å². The van der Waals surface area contributed by atoms with Crippen molar-refractivity contribution in [3.8, 4) is 0 Å². The number of halogens is 3. The summed E-state index contributed by atoms with van der Waals surface area (Å²) in [6, 6.07) is 8.95. The first-order valence-corrected chi connectivity index (χ1v) is 5.36. The summed E-state index contributed by atoms with van der Waals surface area (Å²) in [5.74, 6) is 0. The van der Waals surface area contributed by atoms with Gasteiger partial charge in [-0.15, -0.1) is 0 Å². The maximum absolute atomic E-state index is 11.8. The molecule has 17 heavy (non-hydrogen) atoms. The van der Waals surface area contributed by atoms with Gasteiger partial charge in [0.25, 0.3) is 0 Å². The van der Waals surface area contributed by atoms with E-state index < -0.39 is 18.7 Å². The fourth-order valence-electron chi connectivity index (χ4n) is 1.33. The lowest BCUT2D eigenvalue weighted by Gasteiger charge is -2.11. The molecule has 1 rings (SSSR count). The Labute approximate surface area is 98.0 Å². The molecule has 0 fully saturated rings. The third kappa shape index (κ3) is 6.28. The zero-order valence-electron chi connectivity index (χ0n) is 9.28. The van der Waals surface area contributed by atoms with Crippen molar-refractivity contribution < 1.29 is 23.0 Å². The molecular formula is C12H15F3O2. The molecule has 1 aromatic rings. The SMILES string of the molecule is OC(CCOCCC(F)(F)F)c1ccccc1. The summed E-state index contributed by atoms with van der Waals surface area (Å²) in [7, 11) is 0. The molecule has 1 N–H and O–H groups in total. The molecule has 0 bridgehead atoms. The van der Waals surface area contributed by atoms with Gasteiger partial charge in [-0.05, 0) is 5.56 Å². The van der Waals surface area contributed by atoms with Gasteiger partial charge in [0.05, 0.1) is 19.1 Å². The molecule has 0 saturated carbocycles. The van der Waals surface area contributed by atoms with E-state index in [-0.39, 0.29) is 13.2 Å². The molecule has 0 saturated heterocycles. The van der Waals surface area contributed by atoms with Gasteiger partial charge in [-0.25, -0.2) is 0 Å². The predicted molar refractivity (Wildman–Crippen MR) is 57.5 cm³/mol. The zero-order valence-corrected chi connectivity index (χ0v) is 9.28. The molecule has 1 atom stereocenters. The Balaban J connectivity index is 2.15. The van der Waals surface area contributed by atoms with Crippen molar-refractivity contribution in [1.82, 2.24) is 0 Å². The van der Waals surface area contributed by atoms with Crippen LogP contribution in [0.4, 0.5) is 13.2 Å². The Bertz CT molecular complexity index is 311. The lowest BCUT2D eigenvalue weighted by atomic mass is 10.1. The lowest BCUT2D eigenvalue weighted by molar-refractivity contribution is -0.145. The molecule has 0 aliphatic heterocycles. The van der Waals surface area contributed by atoms with Crippen LogP contribution in [0, 0.1) is 0 Å². The van der Waals surface area contributed by atoms with Crippen molar-refractivity contribution in [3.63, 3.8) is 0 Å². The summed E-state index contributed by atoms with van der Waals surface area (Å²) >= 11 is 0. The standard InChI is InChI=1S/C12H15F3O2/c13-12(14,15)7-9-17-8-6-11(16)10-4-2-1-3-5-10/h1-5,11,16H,6-9H2. The lowest BCUT2D eigenvalue weighted by Crippen LogP contribution is -2.12. The molecule has 5 heteroatoms. The van der Waals surface area contributed by atoms with Crippen LogP contribution in [0.15, 0.2) is 30.3 Å². The van der Waals surface area contributed by atoms with Crippen LogP contribution < -0.4 is 0 Å². The molecular weight excluding hydrogens is 233 g/mol. The topological polar surface area (TPSA) is 29.5 Å². The minimum Gasteiger partial charge on any atom is -0.388 e. The Morgan fingerprint density at radius 2 is 1.76 bits per heavy atom. The summed E-state index contributed by atoms with van der Waals surface area (Å²) in [4.78, 5) is 0. The largest absolute Gasteiger partial charge is 0.391 e. The van der Waals surface area contributed by atoms with Gasteiger partial charge in [0, 0.05) is 13.0 Å². The summed E-state index contributed by atoms with van der Waals surface area (Å²) in [5.41, 5.74) is 0.743. The molecule has 0 aliphatic rings. The van der Waals surface area contributed by atoms with Crippen LogP contribution in [0.2, 0.25) is 0 Å². The highest BCUT2D eigenvalue weighted by Gasteiger charge is 2.26. The van der Waals surface area contributed by atoms with E-state index in [2.05, 4.69) is 0 Å². The van der Waals surface area contributed by atoms with E-state index in [0.29, 0.717) is 6.42 Å². The molecule has 0 aromatic heterocycles. The van der Waals surface area contributed by atoms with Crippen LogP contribution in [0.25, 0.3) is 0 Å². The van der Waals surface area contributed by atoms with Crippen LogP contribution in [0.3, 0.4) is 0 Å². The maximum atomic E-state index is 11.8. The van der Waals surface area contributed by atoms with E-state index in [4.69, 9.17) is 4.74 Å². The number of alkyl halides is 3. The van der Waals surface area contributed by atoms with E-state index in [9.17, 15) is 18.3 Å². The molecule has 96 valence electrons. The maximum Gasteiger partial charge on any atom is 0.391 e. The van der Waals surface area contributed by atoms with E-state index >= 15 is 0 Å². The molecule has 1 aromatic carbocycles. The average Bonchev–Trinajstić information content (AvgIpc) is 2.28. The van der Waals surface area contributed by atoms with Crippen LogP contribution in [-0.4, -0.2) is 24.5 Å². The van der Waals surface area contributed by atoms with Crippen LogP contribution in [0.5, 0.6) is 0 Å². The van der Waals surface area contributed by atoms with Crippen molar-refractivity contribution in [1.29, 1.82) is 0 Å². The number of aliphatic hydroxyl groups excluding tert-OH is 1. The Kier molecular flexibility index (Phi) is 5.44. The second-order valence-electron chi connectivity index (χ2n) is 3.69. The van der Waals surface area contributed by atoms with Crippen molar-refractivity contribution >= 4 is 0 Å². The van der Waals surface area contributed by atoms with E-state index in [1.807, 2.05) is 6.07 Å². The van der Waals surface area contributed by atoms with Gasteiger partial charge in [0.15, 0.2) is 0 Å². The van der Waals surface area contributed by atoms with Gasteiger partial charge in [0.2, 0.25) is 0 Å². The van der Waals surface area contributed by atoms with Crippen molar-refractivity contribution in [2.45, 2.75) is 25.1 Å². The molecule has 1 unspecified atom stereocenters. The number of ether oxygens (including phenoxy) is 1. The fourth-order valence-corrected chi connectivity index (χ4v) is 1.33. The smallest absolute Gasteiger partial charge is 0.388 e. The summed E-state index contributed by atoms with van der Waals surface area (Å²) in [6.45, 7) is -0.239. The number of aliphatic hydroxyl groups is 1. The Hall–Kier alpha value is -1.07. The van der Waals surface area contributed by atoms with Crippen LogP contribution >= 0.6 is 0 Å². The fraction of sp³-hybridized carbons (Fsp3) is 0.500. The summed E-state index contributed by atoms with van der Waals surface area (Å²) in [6.07, 6.45) is -5.53. The van der Waals surface area contributed by atoms with Crippen molar-refractivity contribution in [2.75, 3.05) is 13.2 Å². The van der Waals surface area contributed by atoms with E-state index in [1.165, 1.54) is 0 Å². The van der Waals surface area contributed by atoms with Gasteiger partial charge < -0.3 is 9.84 Å². The van der Waals surface area contributed by atoms with Gasteiger partial charge >= 0.3 is 6.18 Å². The minimum absolute atomic E-state index is 0.117. The number of rotatable bonds is 6. The normalized spacial score (nSPS) is 13.6. The monoisotopic (exact) mass is 248 g/mol. The van der Waals surface area contributed by atoms with Crippen LogP contribution in [0.1, 0.15) is 24.5 Å². The minimum atomic E-state index is -4.18. The highest BCUT2D eigenvalue weighted by molar-refractivity contribution is 5.16. The second-order valence-corrected chi connectivity index (χ2v) is 3.69. The number of hydrogen-bond acceptors (Lipinski definition) is 2. The van der Waals surface area contributed by atoms with Gasteiger partial charge in [-0.2, -0.15) is 13.2 Å². The Morgan fingerprint density at radius 3 is 2.35 bits per heavy atom. The first kappa shape index (κ1) is 14.0. The third-order valence-electron chi connectivity index (χ3n) is 2.25. The summed E-state index contributed by atoms with van der Waals surface area (Å²) in [5, 5.41) is 9.68. The summed E-state index contributed by atoms with van der Waals surface area (Å²) < 4.78 is 40.2. The molecule has 0 radical (unpaired) electrons. The first-order valence-electron chi connectivity index (χ1n) is 5.36. The highest BCUT2D eigenvalue weighted by atomic mass is 19.4. The van der Waals surface area contributed by atoms with Gasteiger partial charge in [0.1, 0.15) is 0 Å². The highest BCUT2D eigenvalue weighted by Crippen LogP contribution is 2.20. The predicted octanol–water partition coefficient (Wildman–Crippen LogP) is 3.08. The molecule has 0 amide bonds. The number of benzene rings is 1. The zero-order chi connectivity index (χ0) is 12.7. The van der Waals surface area contributed by atoms with Gasteiger partial charge in [-0.1, -0.05) is 30.3 Å². The molecule has 0 aliphatic carbocycles. The van der Waals surface area contributed by atoms with Crippen LogP contribution in [-0.2, 0) is 4.74 Å². The second kappa shape index (κ2) is 6.61. The molecule has 0 heterocycles. The number of hydrogen-bond donors (Lipinski definition) is 1. The average molecular weight is 248 g/mol. The third-order valence-corrected chi connectivity index (χ3v) is 2.25. The van der Waals surface area contributed by atoms with E-state index in [1.54, 1.807) is 24.3 Å².